The largest absolute Gasteiger partial charge is 0.470 e. The fourth-order valence-electron chi connectivity index (χ4n) is 6.11. The summed E-state index contributed by atoms with van der Waals surface area (Å²) < 4.78 is 47.2. The van der Waals surface area contributed by atoms with Gasteiger partial charge in [-0.25, -0.2) is 33.3 Å². The summed E-state index contributed by atoms with van der Waals surface area (Å²) in [4.78, 5) is 60.8. The summed E-state index contributed by atoms with van der Waals surface area (Å²) in [5, 5.41) is 40.2. The molecule has 0 radical (unpaired) electrons. The molecule has 6 rings (SSSR count). The monoisotopic (exact) mass is 919 g/mol. The highest BCUT2D eigenvalue weighted by atomic mass is 31.2. The summed E-state index contributed by atoms with van der Waals surface area (Å²) in [6, 6.07) is 8.96. The van der Waals surface area contributed by atoms with E-state index >= 15 is 0 Å². The van der Waals surface area contributed by atoms with Crippen molar-refractivity contribution in [2.75, 3.05) is 23.7 Å². The van der Waals surface area contributed by atoms with Crippen LogP contribution in [0.5, 0.6) is 0 Å². The van der Waals surface area contributed by atoms with E-state index in [1.165, 1.54) is 51.0 Å². The van der Waals surface area contributed by atoms with Gasteiger partial charge in [0.15, 0.2) is 22.9 Å². The molecule has 65 heavy (non-hydrogen) atoms. The zero-order valence-corrected chi connectivity index (χ0v) is 38.1. The van der Waals surface area contributed by atoms with Gasteiger partial charge in [0, 0.05) is 59.8 Å². The number of nitriles is 1. The van der Waals surface area contributed by atoms with E-state index in [1.54, 1.807) is 41.5 Å². The lowest BCUT2D eigenvalue weighted by Gasteiger charge is -2.29. The number of phosphoric ester groups is 1. The number of alkyl halides is 2. The molecule has 0 aliphatic rings. The predicted octanol–water partition coefficient (Wildman–Crippen LogP) is 5.25. The second-order valence-electron chi connectivity index (χ2n) is 16.8. The number of pyridine rings is 4. The molecule has 0 aliphatic heterocycles. The Kier molecular flexibility index (Phi) is 15.3. The molecule has 7 N–H and O–H groups in total. The van der Waals surface area contributed by atoms with E-state index < -0.39 is 49.7 Å². The smallest absolute Gasteiger partial charge is 0.387 e. The van der Waals surface area contributed by atoms with E-state index in [0.717, 1.165) is 10.9 Å². The Morgan fingerprint density at radius 3 is 1.66 bits per heavy atom. The third kappa shape index (κ3) is 12.8. The van der Waals surface area contributed by atoms with Crippen molar-refractivity contribution in [2.24, 2.45) is 0 Å². The first-order chi connectivity index (χ1) is 30.4. The molecule has 23 heteroatoms. The van der Waals surface area contributed by atoms with Gasteiger partial charge in [-0.2, -0.15) is 24.8 Å². The number of aliphatic hydroxyl groups is 1. The quantitative estimate of drug-likeness (QED) is 0.0611. The van der Waals surface area contributed by atoms with Crippen molar-refractivity contribution in [1.29, 1.82) is 5.26 Å². The second-order valence-corrected chi connectivity index (χ2v) is 17.9. The van der Waals surface area contributed by atoms with Crippen molar-refractivity contribution in [3.8, 4) is 17.7 Å². The van der Waals surface area contributed by atoms with E-state index in [0.29, 0.717) is 45.3 Å². The number of rotatable bonds is 16. The molecule has 0 spiro atoms. The molecule has 0 aliphatic carbocycles. The Balaban J connectivity index is 0.000000245. The minimum absolute atomic E-state index is 0.0118. The number of hydrogen-bond acceptors (Lipinski definition) is 14. The number of carbonyl (C=O) groups excluding carboxylic acids is 2. The second kappa shape index (κ2) is 20.1. The number of amides is 2. The lowest BCUT2D eigenvalue weighted by Crippen LogP contribution is -2.43. The van der Waals surface area contributed by atoms with Crippen molar-refractivity contribution in [1.82, 2.24) is 50.1 Å². The van der Waals surface area contributed by atoms with Crippen LogP contribution in [0.15, 0.2) is 61.4 Å². The number of nitrogens with zero attached hydrogens (tertiary/aromatic N) is 9. The number of hydrogen-bond donors (Lipinski definition) is 7. The number of aryl methyl sites for hydroxylation is 1. The molecule has 0 unspecified atom stereocenters. The highest BCUT2D eigenvalue weighted by Crippen LogP contribution is 2.43. The molecular formula is C42H52F2N13O7P. The highest BCUT2D eigenvalue weighted by molar-refractivity contribution is 7.46. The summed E-state index contributed by atoms with van der Waals surface area (Å²) in [7, 11) is -4.91. The van der Waals surface area contributed by atoms with Crippen molar-refractivity contribution < 1.29 is 42.4 Å². The van der Waals surface area contributed by atoms with Crippen LogP contribution in [0.4, 0.5) is 20.2 Å². The van der Waals surface area contributed by atoms with Crippen LogP contribution >= 0.6 is 7.82 Å². The minimum atomic E-state index is -4.91. The Hall–Kier alpha value is -6.50. The van der Waals surface area contributed by atoms with E-state index in [4.69, 9.17) is 15.0 Å². The number of halogens is 2. The van der Waals surface area contributed by atoms with Gasteiger partial charge in [-0.05, 0) is 80.0 Å². The molecule has 0 saturated heterocycles. The zero-order valence-electron chi connectivity index (χ0n) is 37.2. The van der Waals surface area contributed by atoms with Gasteiger partial charge < -0.3 is 36.2 Å². The molecule has 2 amide bonds. The van der Waals surface area contributed by atoms with Gasteiger partial charge in [0.25, 0.3) is 11.8 Å². The van der Waals surface area contributed by atoms with Gasteiger partial charge in [0.1, 0.15) is 24.0 Å². The van der Waals surface area contributed by atoms with Gasteiger partial charge >= 0.3 is 7.82 Å². The SMILES string of the molecule is CC(C)Nc1cc(-n2ncc3cc(C#N)cnc32)ncc1C(=O)NC[C@@H](F)C(C)(C)O.Cc1cnc2c(cnn2-c2cc(NC(C)C)c(C(=O)NC[C@@H](F)C(C)(C)OP(=O)(O)O)cn2)c1. The third-order valence-corrected chi connectivity index (χ3v) is 10.1. The van der Waals surface area contributed by atoms with E-state index in [-0.39, 0.29) is 29.8 Å². The molecule has 0 fully saturated rings. The van der Waals surface area contributed by atoms with Crippen molar-refractivity contribution in [3.63, 3.8) is 0 Å². The van der Waals surface area contributed by atoms with Crippen LogP contribution in [0.3, 0.4) is 0 Å². The van der Waals surface area contributed by atoms with Gasteiger partial charge in [-0.15, -0.1) is 0 Å². The maximum Gasteiger partial charge on any atom is 0.470 e. The van der Waals surface area contributed by atoms with Gasteiger partial charge in [0.05, 0.1) is 59.1 Å². The first-order valence-corrected chi connectivity index (χ1v) is 21.8. The summed E-state index contributed by atoms with van der Waals surface area (Å²) in [6.07, 6.45) is 5.65. The Bertz CT molecular complexity index is 2760. The summed E-state index contributed by atoms with van der Waals surface area (Å²) in [5.41, 5.74) is 0.510. The zero-order chi connectivity index (χ0) is 48.0. The highest BCUT2D eigenvalue weighted by Gasteiger charge is 2.37. The van der Waals surface area contributed by atoms with Crippen molar-refractivity contribution >= 4 is 53.1 Å². The van der Waals surface area contributed by atoms with Crippen molar-refractivity contribution in [3.05, 3.63) is 83.7 Å². The molecule has 0 aromatic carbocycles. The van der Waals surface area contributed by atoms with Gasteiger partial charge in [-0.3, -0.25) is 14.1 Å². The lowest BCUT2D eigenvalue weighted by atomic mass is 10.0. The van der Waals surface area contributed by atoms with Crippen LogP contribution in [0.2, 0.25) is 0 Å². The number of anilines is 2. The van der Waals surface area contributed by atoms with Gasteiger partial charge in [0.2, 0.25) is 0 Å². The maximum absolute atomic E-state index is 14.6. The summed E-state index contributed by atoms with van der Waals surface area (Å²) in [6.45, 7) is 13.8. The van der Waals surface area contributed by atoms with Crippen molar-refractivity contribution in [2.45, 2.75) is 97.9 Å². The standard InChI is InChI=1S/C21H24FN7O2.C21H28FN6O5P/c1-12(2)28-16-6-18(29-19-14(9-27-29)5-13(7-23)8-25-19)24-10-15(16)20(30)26-11-17(22)21(3,4)31;1-12(2)27-16-7-18(28-19-14(9-26-28)6-13(3)8-24-19)23-10-15(16)20(29)25-11-17(22)21(4,5)33-34(30,31)32/h5-6,8-10,12,17,31H,11H2,1-4H3,(H,24,28)(H,26,30);6-10,12,17H,11H2,1-5H3,(H,23,27)(H,25,29)(H2,30,31,32)/t2*17-/m11/s1. The predicted molar refractivity (Wildman–Crippen MR) is 238 cm³/mol. The maximum atomic E-state index is 14.6. The first kappa shape index (κ1) is 49.5. The Labute approximate surface area is 373 Å². The molecule has 0 saturated carbocycles. The molecule has 6 aromatic rings. The van der Waals surface area contributed by atoms with Crippen LogP contribution < -0.4 is 21.3 Å². The van der Waals surface area contributed by atoms with Crippen LogP contribution in [0, 0.1) is 18.3 Å². The van der Waals surface area contributed by atoms with Crippen LogP contribution in [-0.2, 0) is 9.09 Å². The average Bonchev–Trinajstić information content (AvgIpc) is 3.84. The topological polar surface area (TPSA) is 280 Å². The van der Waals surface area contributed by atoms with E-state index in [9.17, 15) is 28.0 Å². The minimum Gasteiger partial charge on any atom is -0.387 e. The lowest BCUT2D eigenvalue weighted by molar-refractivity contribution is -0.00261. The van der Waals surface area contributed by atoms with Crippen LogP contribution in [0.1, 0.15) is 87.2 Å². The fraction of sp³-hybridized carbons (Fsp3) is 0.405. The molecule has 346 valence electrons. The Morgan fingerprint density at radius 2 is 1.22 bits per heavy atom. The van der Waals surface area contributed by atoms with Crippen LogP contribution in [-0.4, -0.2) is 115 Å². The van der Waals surface area contributed by atoms with E-state index in [1.807, 2.05) is 46.8 Å². The van der Waals surface area contributed by atoms with Gasteiger partial charge in [-0.1, -0.05) is 0 Å². The normalized spacial score (nSPS) is 13.0. The number of phosphoric acid groups is 1. The number of carbonyl (C=O) groups is 2. The third-order valence-electron chi connectivity index (χ3n) is 9.43. The Morgan fingerprint density at radius 1 is 0.754 bits per heavy atom. The number of fused-ring (bicyclic) bond motifs is 2. The van der Waals surface area contributed by atoms with E-state index in [2.05, 4.69) is 55.9 Å². The molecule has 2 atom stereocenters. The van der Waals surface area contributed by atoms with Crippen LogP contribution in [0.25, 0.3) is 33.7 Å². The first-order valence-electron chi connectivity index (χ1n) is 20.3. The number of aromatic nitrogens is 8. The number of nitrogens with one attached hydrogen (secondary N) is 4. The summed E-state index contributed by atoms with van der Waals surface area (Å²) in [5.74, 6) is -0.274. The molecule has 20 nitrogen and oxygen atoms in total. The molecule has 6 aromatic heterocycles. The average molecular weight is 920 g/mol. The molecule has 6 heterocycles. The molecular weight excluding hydrogens is 868 g/mol. The summed E-state index contributed by atoms with van der Waals surface area (Å²) >= 11 is 0. The molecule has 0 bridgehead atoms. The fourth-order valence-corrected chi connectivity index (χ4v) is 6.83.